The fourth-order valence-electron chi connectivity index (χ4n) is 2.87. The molecule has 8 heteroatoms. The van der Waals surface area contributed by atoms with Crippen molar-refractivity contribution < 1.29 is 9.18 Å². The van der Waals surface area contributed by atoms with E-state index in [1.807, 2.05) is 11.8 Å². The van der Waals surface area contributed by atoms with Gasteiger partial charge in [0, 0.05) is 26.2 Å². The maximum atomic E-state index is 14.0. The first-order chi connectivity index (χ1) is 12.1. The maximum absolute atomic E-state index is 14.0. The Morgan fingerprint density at radius 1 is 1.28 bits per heavy atom. The predicted octanol–water partition coefficient (Wildman–Crippen LogP) is 2.05. The minimum atomic E-state index is -0.348. The molecule has 1 aromatic heterocycles. The van der Waals surface area contributed by atoms with Gasteiger partial charge in [-0.2, -0.15) is 0 Å². The summed E-state index contributed by atoms with van der Waals surface area (Å²) in [7, 11) is 0. The van der Waals surface area contributed by atoms with Crippen LogP contribution in [0.25, 0.3) is 5.69 Å². The van der Waals surface area contributed by atoms with Gasteiger partial charge < -0.3 is 9.80 Å². The summed E-state index contributed by atoms with van der Waals surface area (Å²) in [6, 6.07) is 6.46. The van der Waals surface area contributed by atoms with Crippen LogP contribution >= 0.6 is 11.8 Å². The Bertz CT molecular complexity index is 729. The highest BCUT2D eigenvalue weighted by molar-refractivity contribution is 8.00. The van der Waals surface area contributed by atoms with Crippen molar-refractivity contribution in [2.45, 2.75) is 24.3 Å². The van der Waals surface area contributed by atoms with Crippen molar-refractivity contribution in [2.75, 3.05) is 32.7 Å². The molecule has 1 aliphatic rings. The third-order valence-electron chi connectivity index (χ3n) is 4.39. The Morgan fingerprint density at radius 3 is 2.68 bits per heavy atom. The normalized spacial score (nSPS) is 16.8. The third kappa shape index (κ3) is 4.01. The third-order valence-corrected chi connectivity index (χ3v) is 5.43. The number of hydrogen-bond donors (Lipinski definition) is 0. The molecular formula is C17H22FN5OS. The molecule has 25 heavy (non-hydrogen) atoms. The number of carbonyl (C=O) groups excluding carboxylic acids is 1. The van der Waals surface area contributed by atoms with Crippen LogP contribution in [-0.4, -0.2) is 68.4 Å². The average Bonchev–Trinajstić information content (AvgIpc) is 3.09. The van der Waals surface area contributed by atoms with Gasteiger partial charge in [-0.25, -0.2) is 4.39 Å². The van der Waals surface area contributed by atoms with Crippen LogP contribution in [0.4, 0.5) is 4.39 Å². The Balaban J connectivity index is 1.68. The summed E-state index contributed by atoms with van der Waals surface area (Å²) in [6.07, 6.45) is 1.47. The Labute approximate surface area is 151 Å². The van der Waals surface area contributed by atoms with E-state index in [1.165, 1.54) is 24.2 Å². The molecule has 2 heterocycles. The topological polar surface area (TPSA) is 54.3 Å². The minimum absolute atomic E-state index is 0.0869. The predicted molar refractivity (Wildman–Crippen MR) is 95.3 cm³/mol. The average molecular weight is 363 g/mol. The summed E-state index contributed by atoms with van der Waals surface area (Å²) >= 11 is 1.31. The number of halogens is 1. The quantitative estimate of drug-likeness (QED) is 0.761. The molecule has 1 fully saturated rings. The van der Waals surface area contributed by atoms with Gasteiger partial charge in [-0.3, -0.25) is 9.36 Å². The number of likely N-dealkylation sites (N-methyl/N-ethyl adjacent to an activating group) is 1. The van der Waals surface area contributed by atoms with Crippen LogP contribution in [0.2, 0.25) is 0 Å². The van der Waals surface area contributed by atoms with Crippen LogP contribution in [0.3, 0.4) is 0 Å². The molecule has 1 aromatic carbocycles. The summed E-state index contributed by atoms with van der Waals surface area (Å²) in [6.45, 7) is 8.31. The summed E-state index contributed by atoms with van der Waals surface area (Å²) in [5, 5.41) is 8.15. The fraction of sp³-hybridized carbons (Fsp3) is 0.471. The van der Waals surface area contributed by atoms with E-state index in [-0.39, 0.29) is 17.0 Å². The molecule has 6 nitrogen and oxygen atoms in total. The first kappa shape index (κ1) is 17.9. The van der Waals surface area contributed by atoms with Gasteiger partial charge in [0.15, 0.2) is 5.16 Å². The number of aromatic nitrogens is 3. The summed E-state index contributed by atoms with van der Waals surface area (Å²) in [4.78, 5) is 16.9. The van der Waals surface area contributed by atoms with Gasteiger partial charge in [0.2, 0.25) is 5.91 Å². The van der Waals surface area contributed by atoms with Gasteiger partial charge in [0.05, 0.1) is 10.9 Å². The smallest absolute Gasteiger partial charge is 0.235 e. The molecule has 0 saturated carbocycles. The lowest BCUT2D eigenvalue weighted by Crippen LogP contribution is -2.50. The Morgan fingerprint density at radius 2 is 2.00 bits per heavy atom. The molecule has 0 spiro atoms. The second-order valence-electron chi connectivity index (χ2n) is 5.95. The zero-order valence-electron chi connectivity index (χ0n) is 14.4. The monoisotopic (exact) mass is 363 g/mol. The van der Waals surface area contributed by atoms with E-state index in [2.05, 4.69) is 22.0 Å². The van der Waals surface area contributed by atoms with E-state index in [4.69, 9.17) is 0 Å². The lowest BCUT2D eigenvalue weighted by atomic mass is 10.3. The van der Waals surface area contributed by atoms with Gasteiger partial charge in [-0.15, -0.1) is 10.2 Å². The van der Waals surface area contributed by atoms with Crippen molar-refractivity contribution >= 4 is 17.7 Å². The molecule has 2 aromatic rings. The first-order valence-electron chi connectivity index (χ1n) is 8.43. The van der Waals surface area contributed by atoms with Gasteiger partial charge in [-0.1, -0.05) is 30.8 Å². The van der Waals surface area contributed by atoms with E-state index in [1.54, 1.807) is 22.8 Å². The number of carbonyl (C=O) groups is 1. The minimum Gasteiger partial charge on any atom is -0.339 e. The number of hydrogen-bond acceptors (Lipinski definition) is 5. The number of nitrogens with zero attached hydrogens (tertiary/aromatic N) is 5. The van der Waals surface area contributed by atoms with E-state index >= 15 is 0 Å². The van der Waals surface area contributed by atoms with E-state index in [0.29, 0.717) is 10.8 Å². The van der Waals surface area contributed by atoms with E-state index in [9.17, 15) is 9.18 Å². The highest BCUT2D eigenvalue weighted by Crippen LogP contribution is 2.26. The molecule has 0 radical (unpaired) electrons. The molecule has 134 valence electrons. The lowest BCUT2D eigenvalue weighted by Gasteiger charge is -2.35. The van der Waals surface area contributed by atoms with Crippen LogP contribution < -0.4 is 0 Å². The van der Waals surface area contributed by atoms with Gasteiger partial charge >= 0.3 is 0 Å². The number of thioether (sulfide) groups is 1. The molecular weight excluding hydrogens is 341 g/mol. The molecule has 1 saturated heterocycles. The van der Waals surface area contributed by atoms with Crippen molar-refractivity contribution in [3.05, 3.63) is 36.4 Å². The highest BCUT2D eigenvalue weighted by atomic mass is 32.2. The number of para-hydroxylation sites is 1. The molecule has 1 aliphatic heterocycles. The van der Waals surface area contributed by atoms with Crippen molar-refractivity contribution in [3.8, 4) is 5.69 Å². The zero-order chi connectivity index (χ0) is 17.8. The molecule has 0 aliphatic carbocycles. The second-order valence-corrected chi connectivity index (χ2v) is 7.26. The zero-order valence-corrected chi connectivity index (χ0v) is 15.2. The second kappa shape index (κ2) is 7.97. The lowest BCUT2D eigenvalue weighted by molar-refractivity contribution is -0.132. The van der Waals surface area contributed by atoms with E-state index in [0.717, 1.165) is 32.7 Å². The van der Waals surface area contributed by atoms with Crippen molar-refractivity contribution in [2.24, 2.45) is 0 Å². The van der Waals surface area contributed by atoms with Gasteiger partial charge in [0.1, 0.15) is 12.1 Å². The van der Waals surface area contributed by atoms with Crippen molar-refractivity contribution in [3.63, 3.8) is 0 Å². The SMILES string of the molecule is CCN1CCN(C(=O)[C@H](C)Sc2nncn2-c2ccccc2F)CC1. The number of rotatable bonds is 5. The molecule has 0 N–H and O–H groups in total. The van der Waals surface area contributed by atoms with Gasteiger partial charge in [0.25, 0.3) is 0 Å². The summed E-state index contributed by atoms with van der Waals surface area (Å²) < 4.78 is 15.6. The number of piperazine rings is 1. The fourth-order valence-corrected chi connectivity index (χ4v) is 3.79. The molecule has 1 atom stereocenters. The van der Waals surface area contributed by atoms with Crippen LogP contribution in [0, 0.1) is 5.82 Å². The summed E-state index contributed by atoms with van der Waals surface area (Å²) in [5.74, 6) is -0.261. The largest absolute Gasteiger partial charge is 0.339 e. The van der Waals surface area contributed by atoms with Crippen LogP contribution in [-0.2, 0) is 4.79 Å². The number of benzene rings is 1. The standard InChI is InChI=1S/C17H22FN5OS/c1-3-21-8-10-22(11-9-21)16(24)13(2)25-17-20-19-12-23(17)15-7-5-4-6-14(15)18/h4-7,12-13H,3,8-11H2,1-2H3/t13-/m0/s1. The van der Waals surface area contributed by atoms with Crippen LogP contribution in [0.15, 0.2) is 35.7 Å². The molecule has 0 bridgehead atoms. The van der Waals surface area contributed by atoms with Crippen molar-refractivity contribution in [1.82, 2.24) is 24.6 Å². The maximum Gasteiger partial charge on any atom is 0.235 e. The molecule has 3 rings (SSSR count). The highest BCUT2D eigenvalue weighted by Gasteiger charge is 2.26. The van der Waals surface area contributed by atoms with Crippen molar-refractivity contribution in [1.29, 1.82) is 0 Å². The Kier molecular flexibility index (Phi) is 5.70. The van der Waals surface area contributed by atoms with E-state index < -0.39 is 0 Å². The van der Waals surface area contributed by atoms with Gasteiger partial charge in [-0.05, 0) is 25.6 Å². The summed E-state index contributed by atoms with van der Waals surface area (Å²) in [5.41, 5.74) is 0.381. The van der Waals surface area contributed by atoms with Crippen LogP contribution in [0.5, 0.6) is 0 Å². The van der Waals surface area contributed by atoms with Crippen LogP contribution in [0.1, 0.15) is 13.8 Å². The molecule has 1 amide bonds. The molecule has 0 unspecified atom stereocenters. The Hall–Kier alpha value is -1.93. The number of amides is 1. The first-order valence-corrected chi connectivity index (χ1v) is 9.31.